The van der Waals surface area contributed by atoms with Gasteiger partial charge in [0.25, 0.3) is 0 Å². The molecule has 2 amide bonds. The minimum absolute atomic E-state index is 0.0314. The van der Waals surface area contributed by atoms with Crippen molar-refractivity contribution in [3.8, 4) is 11.1 Å². The van der Waals surface area contributed by atoms with Gasteiger partial charge in [0.15, 0.2) is 0 Å². The first-order valence-corrected chi connectivity index (χ1v) is 11.1. The van der Waals surface area contributed by atoms with Gasteiger partial charge in [0.2, 0.25) is 11.8 Å². The number of likely N-dealkylation sites (tertiary alicyclic amines) is 1. The highest BCUT2D eigenvalue weighted by molar-refractivity contribution is 5.86. The minimum atomic E-state index is -0.802. The monoisotopic (exact) mass is 449 g/mol. The van der Waals surface area contributed by atoms with Crippen molar-refractivity contribution in [2.24, 2.45) is 5.41 Å². The van der Waals surface area contributed by atoms with Crippen LogP contribution in [0.5, 0.6) is 0 Å². The number of halogens is 1. The smallest absolute Gasteiger partial charge is 0.244 e. The summed E-state index contributed by atoms with van der Waals surface area (Å²) in [4.78, 5) is 31.9. The third kappa shape index (κ3) is 4.94. The Balaban J connectivity index is 1.64. The van der Waals surface area contributed by atoms with E-state index in [-0.39, 0.29) is 30.2 Å². The number of hydrogen-bond acceptors (Lipinski definition) is 4. The van der Waals surface area contributed by atoms with Gasteiger partial charge in [-0.25, -0.2) is 14.1 Å². The van der Waals surface area contributed by atoms with Gasteiger partial charge in [0.05, 0.1) is 5.41 Å². The van der Waals surface area contributed by atoms with Crippen LogP contribution in [0.1, 0.15) is 25.8 Å². The Hall–Kier alpha value is -3.55. The molecule has 1 atom stereocenters. The number of rotatable bonds is 7. The van der Waals surface area contributed by atoms with Crippen molar-refractivity contribution in [1.29, 1.82) is 0 Å². The SMILES string of the molecule is CC(C)NC(=O)[C@]1(Cc2ccccc2-c2ccccc2F)CCN(C(=O)Cn2cncn2)C1. The maximum Gasteiger partial charge on any atom is 0.244 e. The second kappa shape index (κ2) is 9.52. The maximum absolute atomic E-state index is 14.6. The molecule has 4 rings (SSSR count). The van der Waals surface area contributed by atoms with Crippen LogP contribution in [0.2, 0.25) is 0 Å². The van der Waals surface area contributed by atoms with Gasteiger partial charge in [0, 0.05) is 24.7 Å². The van der Waals surface area contributed by atoms with Crippen LogP contribution < -0.4 is 5.32 Å². The molecule has 1 saturated heterocycles. The molecule has 2 heterocycles. The number of aromatic nitrogens is 3. The van der Waals surface area contributed by atoms with Crippen LogP contribution in [-0.4, -0.2) is 50.6 Å². The zero-order valence-corrected chi connectivity index (χ0v) is 18.9. The van der Waals surface area contributed by atoms with E-state index >= 15 is 0 Å². The average molecular weight is 450 g/mol. The molecular weight excluding hydrogens is 421 g/mol. The third-order valence-corrected chi connectivity index (χ3v) is 6.08. The summed E-state index contributed by atoms with van der Waals surface area (Å²) >= 11 is 0. The fourth-order valence-electron chi connectivity index (χ4n) is 4.44. The molecule has 0 aliphatic carbocycles. The van der Waals surface area contributed by atoms with E-state index in [2.05, 4.69) is 15.4 Å². The summed E-state index contributed by atoms with van der Waals surface area (Å²) < 4.78 is 16.1. The van der Waals surface area contributed by atoms with Crippen molar-refractivity contribution in [2.45, 2.75) is 39.3 Å². The van der Waals surface area contributed by atoms with Crippen LogP contribution in [0.25, 0.3) is 11.1 Å². The van der Waals surface area contributed by atoms with E-state index in [9.17, 15) is 14.0 Å². The van der Waals surface area contributed by atoms with Crippen molar-refractivity contribution in [3.05, 3.63) is 72.6 Å². The van der Waals surface area contributed by atoms with Crippen molar-refractivity contribution in [2.75, 3.05) is 13.1 Å². The number of carbonyl (C=O) groups excluding carboxylic acids is 2. The molecule has 1 aliphatic rings. The Kier molecular flexibility index (Phi) is 6.53. The number of amides is 2. The first-order valence-electron chi connectivity index (χ1n) is 11.1. The number of nitrogens with one attached hydrogen (secondary N) is 1. The molecule has 2 aromatic carbocycles. The summed E-state index contributed by atoms with van der Waals surface area (Å²) in [7, 11) is 0. The Labute approximate surface area is 192 Å². The molecule has 1 aliphatic heterocycles. The van der Waals surface area contributed by atoms with E-state index in [1.807, 2.05) is 38.1 Å². The largest absolute Gasteiger partial charge is 0.353 e. The van der Waals surface area contributed by atoms with Gasteiger partial charge in [-0.3, -0.25) is 9.59 Å². The molecule has 1 N–H and O–H groups in total. The first-order chi connectivity index (χ1) is 15.9. The second-order valence-corrected chi connectivity index (χ2v) is 8.88. The van der Waals surface area contributed by atoms with Crippen molar-refractivity contribution < 1.29 is 14.0 Å². The Morgan fingerprint density at radius 1 is 1.12 bits per heavy atom. The van der Waals surface area contributed by atoms with Crippen molar-refractivity contribution in [1.82, 2.24) is 25.0 Å². The predicted molar refractivity (Wildman–Crippen MR) is 122 cm³/mol. The number of nitrogens with zero attached hydrogens (tertiary/aromatic N) is 4. The Morgan fingerprint density at radius 2 is 1.85 bits per heavy atom. The van der Waals surface area contributed by atoms with Gasteiger partial charge in [-0.1, -0.05) is 42.5 Å². The number of carbonyl (C=O) groups is 2. The van der Waals surface area contributed by atoms with Crippen LogP contribution in [0.3, 0.4) is 0 Å². The lowest BCUT2D eigenvalue weighted by Gasteiger charge is -2.30. The highest BCUT2D eigenvalue weighted by Crippen LogP contribution is 2.38. The van der Waals surface area contributed by atoms with Crippen molar-refractivity contribution >= 4 is 11.8 Å². The molecule has 0 unspecified atom stereocenters. The summed E-state index contributed by atoms with van der Waals surface area (Å²) in [6.45, 7) is 4.68. The zero-order valence-electron chi connectivity index (χ0n) is 18.9. The lowest BCUT2D eigenvalue weighted by Crippen LogP contribution is -2.47. The molecule has 0 bridgehead atoms. The van der Waals surface area contributed by atoms with Crippen LogP contribution >= 0.6 is 0 Å². The lowest BCUT2D eigenvalue weighted by molar-refractivity contribution is -0.134. The number of benzene rings is 2. The average Bonchev–Trinajstić information content (AvgIpc) is 3.45. The van der Waals surface area contributed by atoms with Gasteiger partial charge in [-0.2, -0.15) is 5.10 Å². The molecule has 172 valence electrons. The summed E-state index contributed by atoms with van der Waals surface area (Å²) in [5.41, 5.74) is 1.35. The van der Waals surface area contributed by atoms with Crippen LogP contribution in [0, 0.1) is 11.2 Å². The van der Waals surface area contributed by atoms with Crippen LogP contribution in [-0.2, 0) is 22.6 Å². The van der Waals surface area contributed by atoms with Crippen LogP contribution in [0.4, 0.5) is 4.39 Å². The summed E-state index contributed by atoms with van der Waals surface area (Å²) in [6, 6.07) is 14.2. The zero-order chi connectivity index (χ0) is 23.4. The second-order valence-electron chi connectivity index (χ2n) is 8.88. The number of hydrogen-bond donors (Lipinski definition) is 1. The predicted octanol–water partition coefficient (Wildman–Crippen LogP) is 3.07. The minimum Gasteiger partial charge on any atom is -0.353 e. The quantitative estimate of drug-likeness (QED) is 0.601. The molecule has 0 spiro atoms. The molecule has 0 radical (unpaired) electrons. The standard InChI is InChI=1S/C25H28FN5O2/c1-18(2)29-24(33)25(11-12-30(15-25)23(32)14-31-17-27-16-28-31)13-19-7-3-4-8-20(19)21-9-5-6-10-22(21)26/h3-10,16-18H,11-15H2,1-2H3,(H,29,33)/t25-/m0/s1. The summed E-state index contributed by atoms with van der Waals surface area (Å²) in [5.74, 6) is -0.499. The maximum atomic E-state index is 14.6. The summed E-state index contributed by atoms with van der Waals surface area (Å²) in [6.07, 6.45) is 3.82. The summed E-state index contributed by atoms with van der Waals surface area (Å²) in [5, 5.41) is 7.05. The fourth-order valence-corrected chi connectivity index (χ4v) is 4.44. The molecule has 3 aromatic rings. The van der Waals surface area contributed by atoms with E-state index in [0.717, 1.165) is 11.1 Å². The molecule has 8 heteroatoms. The van der Waals surface area contributed by atoms with E-state index in [4.69, 9.17) is 0 Å². The van der Waals surface area contributed by atoms with E-state index in [1.54, 1.807) is 23.1 Å². The normalized spacial score (nSPS) is 18.0. The molecule has 33 heavy (non-hydrogen) atoms. The molecule has 7 nitrogen and oxygen atoms in total. The van der Waals surface area contributed by atoms with Gasteiger partial charge in [0.1, 0.15) is 25.0 Å². The Morgan fingerprint density at radius 3 is 2.55 bits per heavy atom. The fraction of sp³-hybridized carbons (Fsp3) is 0.360. The highest BCUT2D eigenvalue weighted by Gasteiger charge is 2.46. The first kappa shape index (κ1) is 22.6. The third-order valence-electron chi connectivity index (χ3n) is 6.08. The van der Waals surface area contributed by atoms with Gasteiger partial charge >= 0.3 is 0 Å². The van der Waals surface area contributed by atoms with E-state index in [1.165, 1.54) is 23.4 Å². The Bertz CT molecular complexity index is 1130. The van der Waals surface area contributed by atoms with E-state index < -0.39 is 5.41 Å². The molecular formula is C25H28FN5O2. The van der Waals surface area contributed by atoms with Gasteiger partial charge < -0.3 is 10.2 Å². The van der Waals surface area contributed by atoms with E-state index in [0.29, 0.717) is 31.5 Å². The molecule has 0 saturated carbocycles. The lowest BCUT2D eigenvalue weighted by atomic mass is 9.78. The molecule has 1 fully saturated rings. The highest BCUT2D eigenvalue weighted by atomic mass is 19.1. The van der Waals surface area contributed by atoms with Crippen LogP contribution in [0.15, 0.2) is 61.2 Å². The van der Waals surface area contributed by atoms with Gasteiger partial charge in [-0.05, 0) is 43.9 Å². The van der Waals surface area contributed by atoms with Crippen molar-refractivity contribution in [3.63, 3.8) is 0 Å². The molecule has 1 aromatic heterocycles. The topological polar surface area (TPSA) is 80.1 Å². The van der Waals surface area contributed by atoms with Gasteiger partial charge in [-0.15, -0.1) is 0 Å².